The standard InChI is InChI=1S/C17H22N2O2/c1-3-14-16(20)18-15(12-7-5-4-6-8-12)17(21)19(14)10-13-9-11(13)2/h4-8,11,13-15H,3,9-10H2,1-2H3,(H,18,20). The van der Waals surface area contributed by atoms with Crippen LogP contribution in [0.25, 0.3) is 0 Å². The molecule has 4 nitrogen and oxygen atoms in total. The van der Waals surface area contributed by atoms with Crippen molar-refractivity contribution in [2.24, 2.45) is 11.8 Å². The lowest BCUT2D eigenvalue weighted by Gasteiger charge is -2.39. The Balaban J connectivity index is 1.84. The Hall–Kier alpha value is -1.84. The van der Waals surface area contributed by atoms with E-state index in [1.807, 2.05) is 42.2 Å². The van der Waals surface area contributed by atoms with Crippen molar-refractivity contribution in [3.05, 3.63) is 35.9 Å². The fourth-order valence-corrected chi connectivity index (χ4v) is 3.16. The van der Waals surface area contributed by atoms with E-state index in [1.54, 1.807) is 0 Å². The molecule has 112 valence electrons. The third-order valence-electron chi connectivity index (χ3n) is 4.72. The van der Waals surface area contributed by atoms with Gasteiger partial charge in [-0.05, 0) is 30.2 Å². The first-order valence-electron chi connectivity index (χ1n) is 7.77. The van der Waals surface area contributed by atoms with Gasteiger partial charge in [0.05, 0.1) is 0 Å². The van der Waals surface area contributed by atoms with E-state index in [0.29, 0.717) is 18.3 Å². The van der Waals surface area contributed by atoms with Crippen LogP contribution in [0.2, 0.25) is 0 Å². The molecule has 21 heavy (non-hydrogen) atoms. The molecule has 4 heteroatoms. The van der Waals surface area contributed by atoms with Gasteiger partial charge < -0.3 is 10.2 Å². The molecule has 0 aromatic heterocycles. The van der Waals surface area contributed by atoms with Crippen molar-refractivity contribution in [3.63, 3.8) is 0 Å². The molecule has 0 radical (unpaired) electrons. The summed E-state index contributed by atoms with van der Waals surface area (Å²) in [7, 11) is 0. The van der Waals surface area contributed by atoms with Crippen LogP contribution in [0, 0.1) is 11.8 Å². The van der Waals surface area contributed by atoms with Crippen LogP contribution < -0.4 is 5.32 Å². The van der Waals surface area contributed by atoms with Gasteiger partial charge >= 0.3 is 0 Å². The predicted molar refractivity (Wildman–Crippen MR) is 80.4 cm³/mol. The van der Waals surface area contributed by atoms with Crippen LogP contribution in [0.1, 0.15) is 38.3 Å². The summed E-state index contributed by atoms with van der Waals surface area (Å²) in [5.74, 6) is 1.24. The van der Waals surface area contributed by atoms with E-state index in [-0.39, 0.29) is 17.9 Å². The molecule has 0 spiro atoms. The van der Waals surface area contributed by atoms with Crippen molar-refractivity contribution >= 4 is 11.8 Å². The van der Waals surface area contributed by atoms with E-state index >= 15 is 0 Å². The number of rotatable bonds is 4. The van der Waals surface area contributed by atoms with Crippen molar-refractivity contribution < 1.29 is 9.59 Å². The van der Waals surface area contributed by atoms with Crippen LogP contribution >= 0.6 is 0 Å². The van der Waals surface area contributed by atoms with Crippen LogP contribution in [-0.4, -0.2) is 29.3 Å². The zero-order valence-electron chi connectivity index (χ0n) is 12.6. The number of benzene rings is 1. The van der Waals surface area contributed by atoms with Crippen molar-refractivity contribution in [2.45, 2.75) is 38.8 Å². The molecule has 0 bridgehead atoms. The zero-order chi connectivity index (χ0) is 15.0. The first-order valence-corrected chi connectivity index (χ1v) is 7.77. The molecular weight excluding hydrogens is 264 g/mol. The van der Waals surface area contributed by atoms with Gasteiger partial charge in [-0.3, -0.25) is 9.59 Å². The highest BCUT2D eigenvalue weighted by molar-refractivity contribution is 5.97. The van der Waals surface area contributed by atoms with E-state index in [2.05, 4.69) is 12.2 Å². The SMILES string of the molecule is CCC1C(=O)NC(c2ccccc2)C(=O)N1CC1CC1C. The molecule has 1 aromatic carbocycles. The maximum Gasteiger partial charge on any atom is 0.250 e. The second kappa shape index (κ2) is 5.51. The summed E-state index contributed by atoms with van der Waals surface area (Å²) in [4.78, 5) is 27.0. The summed E-state index contributed by atoms with van der Waals surface area (Å²) < 4.78 is 0. The van der Waals surface area contributed by atoms with Crippen LogP contribution in [0.5, 0.6) is 0 Å². The highest BCUT2D eigenvalue weighted by Gasteiger charge is 2.44. The second-order valence-electron chi connectivity index (χ2n) is 6.24. The monoisotopic (exact) mass is 286 g/mol. The molecule has 1 N–H and O–H groups in total. The minimum Gasteiger partial charge on any atom is -0.339 e. The molecule has 4 atom stereocenters. The van der Waals surface area contributed by atoms with Gasteiger partial charge in [0, 0.05) is 6.54 Å². The Bertz CT molecular complexity index is 543. The van der Waals surface area contributed by atoms with Gasteiger partial charge in [-0.25, -0.2) is 0 Å². The first-order chi connectivity index (χ1) is 10.1. The van der Waals surface area contributed by atoms with E-state index in [0.717, 1.165) is 18.5 Å². The number of carbonyl (C=O) groups excluding carboxylic acids is 2. The fourth-order valence-electron chi connectivity index (χ4n) is 3.16. The van der Waals surface area contributed by atoms with Gasteiger partial charge in [-0.15, -0.1) is 0 Å². The second-order valence-corrected chi connectivity index (χ2v) is 6.24. The Morgan fingerprint density at radius 2 is 1.90 bits per heavy atom. The molecule has 1 saturated heterocycles. The van der Waals surface area contributed by atoms with Crippen LogP contribution in [0.15, 0.2) is 30.3 Å². The van der Waals surface area contributed by atoms with Gasteiger partial charge in [-0.1, -0.05) is 44.2 Å². The van der Waals surface area contributed by atoms with Crippen LogP contribution in [0.3, 0.4) is 0 Å². The number of hydrogen-bond donors (Lipinski definition) is 1. The van der Waals surface area contributed by atoms with Gasteiger partial charge in [0.2, 0.25) is 11.8 Å². The summed E-state index contributed by atoms with van der Waals surface area (Å²) in [6.07, 6.45) is 1.83. The molecule has 1 heterocycles. The lowest BCUT2D eigenvalue weighted by atomic mass is 9.98. The number of nitrogens with one attached hydrogen (secondary N) is 1. The molecular formula is C17H22N2O2. The number of nitrogens with zero attached hydrogens (tertiary/aromatic N) is 1. The van der Waals surface area contributed by atoms with E-state index in [4.69, 9.17) is 0 Å². The lowest BCUT2D eigenvalue weighted by molar-refractivity contribution is -0.150. The molecule has 2 fully saturated rings. The third kappa shape index (κ3) is 2.67. The maximum atomic E-state index is 12.8. The highest BCUT2D eigenvalue weighted by Crippen LogP contribution is 2.39. The Morgan fingerprint density at radius 3 is 2.48 bits per heavy atom. The van der Waals surface area contributed by atoms with Gasteiger partial charge in [0.25, 0.3) is 0 Å². The third-order valence-corrected chi connectivity index (χ3v) is 4.72. The molecule has 2 aliphatic rings. The Labute approximate surface area is 125 Å². The summed E-state index contributed by atoms with van der Waals surface area (Å²) in [6.45, 7) is 4.88. The Kier molecular flexibility index (Phi) is 3.70. The van der Waals surface area contributed by atoms with E-state index in [9.17, 15) is 9.59 Å². The molecule has 1 aliphatic carbocycles. The average Bonchev–Trinajstić information content (AvgIpc) is 3.19. The lowest BCUT2D eigenvalue weighted by Crippen LogP contribution is -2.59. The smallest absolute Gasteiger partial charge is 0.250 e. The fraction of sp³-hybridized carbons (Fsp3) is 0.529. The Morgan fingerprint density at radius 1 is 1.24 bits per heavy atom. The number of amides is 2. The molecule has 1 saturated carbocycles. The van der Waals surface area contributed by atoms with Crippen molar-refractivity contribution in [1.82, 2.24) is 10.2 Å². The molecule has 1 aliphatic heterocycles. The summed E-state index contributed by atoms with van der Waals surface area (Å²) in [5, 5.41) is 2.89. The highest BCUT2D eigenvalue weighted by atomic mass is 16.2. The van der Waals surface area contributed by atoms with Crippen molar-refractivity contribution in [3.8, 4) is 0 Å². The van der Waals surface area contributed by atoms with Gasteiger partial charge in [-0.2, -0.15) is 0 Å². The van der Waals surface area contributed by atoms with Gasteiger partial charge in [0.15, 0.2) is 0 Å². The number of carbonyl (C=O) groups is 2. The van der Waals surface area contributed by atoms with Crippen LogP contribution in [0.4, 0.5) is 0 Å². The molecule has 1 aromatic rings. The summed E-state index contributed by atoms with van der Waals surface area (Å²) in [5.41, 5.74) is 0.860. The molecule has 2 amide bonds. The number of hydrogen-bond acceptors (Lipinski definition) is 2. The normalized spacial score (nSPS) is 32.0. The van der Waals surface area contributed by atoms with E-state index < -0.39 is 6.04 Å². The molecule has 3 rings (SSSR count). The van der Waals surface area contributed by atoms with Crippen molar-refractivity contribution in [2.75, 3.05) is 6.54 Å². The zero-order valence-corrected chi connectivity index (χ0v) is 12.6. The average molecular weight is 286 g/mol. The largest absolute Gasteiger partial charge is 0.339 e. The van der Waals surface area contributed by atoms with E-state index in [1.165, 1.54) is 0 Å². The maximum absolute atomic E-state index is 12.8. The quantitative estimate of drug-likeness (QED) is 0.921. The summed E-state index contributed by atoms with van der Waals surface area (Å²) in [6, 6.07) is 8.65. The number of piperazine rings is 1. The van der Waals surface area contributed by atoms with Gasteiger partial charge in [0.1, 0.15) is 12.1 Å². The van der Waals surface area contributed by atoms with Crippen LogP contribution in [-0.2, 0) is 9.59 Å². The summed E-state index contributed by atoms with van der Waals surface area (Å²) >= 11 is 0. The first kappa shape index (κ1) is 14.1. The topological polar surface area (TPSA) is 49.4 Å². The molecule has 4 unspecified atom stereocenters. The predicted octanol–water partition coefficient (Wildman–Crippen LogP) is 2.12. The minimum atomic E-state index is -0.532. The minimum absolute atomic E-state index is 0.0285. The van der Waals surface area contributed by atoms with Crippen molar-refractivity contribution in [1.29, 1.82) is 0 Å².